The molecule has 0 aliphatic carbocycles. The molecule has 0 N–H and O–H groups in total. The van der Waals surface area contributed by atoms with E-state index in [1.165, 1.54) is 0 Å². The van der Waals surface area contributed by atoms with Crippen molar-refractivity contribution in [2.75, 3.05) is 49.2 Å². The zero-order valence-electron chi connectivity index (χ0n) is 14.5. The van der Waals surface area contributed by atoms with Gasteiger partial charge in [-0.15, -0.1) is 0 Å². The highest BCUT2D eigenvalue weighted by Crippen LogP contribution is 2.28. The van der Waals surface area contributed by atoms with Crippen molar-refractivity contribution >= 4 is 34.4 Å². The molecule has 0 bridgehead atoms. The maximum absolute atomic E-state index is 6.10. The first-order valence-electron chi connectivity index (χ1n) is 8.67. The average Bonchev–Trinajstić information content (AvgIpc) is 2.60. The van der Waals surface area contributed by atoms with Crippen LogP contribution in [-0.2, 0) is 9.47 Å². The van der Waals surface area contributed by atoms with Crippen LogP contribution in [-0.4, -0.2) is 66.6 Å². The van der Waals surface area contributed by atoms with E-state index in [2.05, 4.69) is 33.6 Å². The van der Waals surface area contributed by atoms with E-state index in [-0.39, 0.29) is 12.2 Å². The number of aromatic nitrogens is 3. The summed E-state index contributed by atoms with van der Waals surface area (Å²) in [5.74, 6) is 1.59. The molecule has 2 aliphatic rings. The van der Waals surface area contributed by atoms with Gasteiger partial charge in [-0.2, -0.15) is 9.97 Å². The maximum Gasteiger partial charge on any atom is 0.229 e. The normalized spacial score (nSPS) is 24.8. The van der Waals surface area contributed by atoms with E-state index in [0.717, 1.165) is 37.4 Å². The molecular formula is C17H22ClN5O2. The first kappa shape index (κ1) is 16.8. The predicted octanol–water partition coefficient (Wildman–Crippen LogP) is 2.13. The summed E-state index contributed by atoms with van der Waals surface area (Å²) < 4.78 is 11.3. The first-order valence-corrected chi connectivity index (χ1v) is 9.05. The first-order chi connectivity index (χ1) is 12.1. The Kier molecular flexibility index (Phi) is 4.62. The molecule has 2 fully saturated rings. The zero-order valence-corrected chi connectivity index (χ0v) is 15.2. The van der Waals surface area contributed by atoms with Crippen LogP contribution in [0.2, 0.25) is 5.15 Å². The largest absolute Gasteiger partial charge is 0.378 e. The third-order valence-corrected chi connectivity index (χ3v) is 4.72. The maximum atomic E-state index is 6.10. The molecule has 2 aromatic heterocycles. The van der Waals surface area contributed by atoms with E-state index >= 15 is 0 Å². The van der Waals surface area contributed by atoms with Crippen molar-refractivity contribution in [2.45, 2.75) is 26.1 Å². The van der Waals surface area contributed by atoms with E-state index in [1.54, 1.807) is 6.07 Å². The van der Waals surface area contributed by atoms with Gasteiger partial charge in [-0.1, -0.05) is 11.6 Å². The molecule has 7 nitrogen and oxygen atoms in total. The minimum absolute atomic E-state index is 0.141. The number of ether oxygens (including phenoxy) is 2. The number of hydrogen-bond donors (Lipinski definition) is 0. The molecule has 134 valence electrons. The SMILES string of the molecule is C[C@@H]1CN(c2nc(N3CCOCC3)c3ccc(Cl)nc3n2)C[C@H](C)O1. The molecule has 4 heterocycles. The van der Waals surface area contributed by atoms with Gasteiger partial charge in [0.05, 0.1) is 30.8 Å². The lowest BCUT2D eigenvalue weighted by Crippen LogP contribution is -2.46. The lowest BCUT2D eigenvalue weighted by molar-refractivity contribution is -0.00570. The van der Waals surface area contributed by atoms with Crippen LogP contribution in [0.15, 0.2) is 12.1 Å². The summed E-state index contributed by atoms with van der Waals surface area (Å²) in [6.07, 6.45) is 0.282. The number of halogens is 1. The highest BCUT2D eigenvalue weighted by atomic mass is 35.5. The predicted molar refractivity (Wildman–Crippen MR) is 97.6 cm³/mol. The van der Waals surface area contributed by atoms with Gasteiger partial charge in [0.25, 0.3) is 0 Å². The van der Waals surface area contributed by atoms with E-state index in [4.69, 9.17) is 26.1 Å². The molecular weight excluding hydrogens is 342 g/mol. The van der Waals surface area contributed by atoms with Gasteiger partial charge in [0.2, 0.25) is 5.95 Å². The molecule has 2 atom stereocenters. The highest BCUT2D eigenvalue weighted by Gasteiger charge is 2.26. The monoisotopic (exact) mass is 363 g/mol. The Labute approximate surface area is 151 Å². The van der Waals surface area contributed by atoms with Gasteiger partial charge >= 0.3 is 0 Å². The Hall–Kier alpha value is -1.70. The minimum Gasteiger partial charge on any atom is -0.378 e. The molecule has 0 radical (unpaired) electrons. The zero-order chi connectivity index (χ0) is 17.4. The van der Waals surface area contributed by atoms with Crippen molar-refractivity contribution in [3.05, 3.63) is 17.3 Å². The van der Waals surface area contributed by atoms with Crippen molar-refractivity contribution in [3.63, 3.8) is 0 Å². The van der Waals surface area contributed by atoms with E-state index in [9.17, 15) is 0 Å². The van der Waals surface area contributed by atoms with Crippen LogP contribution in [0.3, 0.4) is 0 Å². The standard InChI is InChI=1S/C17H22ClN5O2/c1-11-9-23(10-12(2)25-11)17-20-15-13(3-4-14(18)19-15)16(21-17)22-5-7-24-8-6-22/h3-4,11-12H,5-10H2,1-2H3/t11-,12+. The fourth-order valence-corrected chi connectivity index (χ4v) is 3.60. The molecule has 0 amide bonds. The van der Waals surface area contributed by atoms with Crippen LogP contribution in [0.5, 0.6) is 0 Å². The highest BCUT2D eigenvalue weighted by molar-refractivity contribution is 6.29. The molecule has 4 rings (SSSR count). The second-order valence-corrected chi connectivity index (χ2v) is 7.00. The summed E-state index contributed by atoms with van der Waals surface area (Å²) in [6, 6.07) is 3.74. The van der Waals surface area contributed by atoms with Gasteiger partial charge in [0.1, 0.15) is 11.0 Å². The van der Waals surface area contributed by atoms with Crippen LogP contribution in [0.1, 0.15) is 13.8 Å². The van der Waals surface area contributed by atoms with Gasteiger partial charge in [0, 0.05) is 26.2 Å². The van der Waals surface area contributed by atoms with Crippen LogP contribution in [0.4, 0.5) is 11.8 Å². The second-order valence-electron chi connectivity index (χ2n) is 6.61. The van der Waals surface area contributed by atoms with E-state index in [1.807, 2.05) is 6.07 Å². The number of pyridine rings is 1. The summed E-state index contributed by atoms with van der Waals surface area (Å²) in [4.78, 5) is 18.4. The summed E-state index contributed by atoms with van der Waals surface area (Å²) in [7, 11) is 0. The molecule has 2 saturated heterocycles. The van der Waals surface area contributed by atoms with Crippen molar-refractivity contribution in [2.24, 2.45) is 0 Å². The smallest absolute Gasteiger partial charge is 0.229 e. The Morgan fingerprint density at radius 2 is 1.72 bits per heavy atom. The van der Waals surface area contributed by atoms with E-state index in [0.29, 0.717) is 30.0 Å². The fourth-order valence-electron chi connectivity index (χ4n) is 3.46. The summed E-state index contributed by atoms with van der Waals surface area (Å²) in [5, 5.41) is 1.36. The van der Waals surface area contributed by atoms with Crippen molar-refractivity contribution < 1.29 is 9.47 Å². The van der Waals surface area contributed by atoms with Crippen molar-refractivity contribution in [1.29, 1.82) is 0 Å². The lowest BCUT2D eigenvalue weighted by atomic mass is 10.2. The van der Waals surface area contributed by atoms with Crippen LogP contribution >= 0.6 is 11.6 Å². The molecule has 0 spiro atoms. The van der Waals surface area contributed by atoms with Crippen LogP contribution < -0.4 is 9.80 Å². The quantitative estimate of drug-likeness (QED) is 0.757. The van der Waals surface area contributed by atoms with Crippen LogP contribution in [0, 0.1) is 0 Å². The third kappa shape index (κ3) is 3.49. The summed E-state index contributed by atoms with van der Waals surface area (Å²) in [5.41, 5.74) is 0.630. The molecule has 0 unspecified atom stereocenters. The van der Waals surface area contributed by atoms with Crippen molar-refractivity contribution in [1.82, 2.24) is 15.0 Å². The lowest BCUT2D eigenvalue weighted by Gasteiger charge is -2.36. The summed E-state index contributed by atoms with van der Waals surface area (Å²) in [6.45, 7) is 8.69. The minimum atomic E-state index is 0.141. The van der Waals surface area contributed by atoms with Gasteiger partial charge in [0.15, 0.2) is 5.65 Å². The van der Waals surface area contributed by atoms with Crippen LogP contribution in [0.25, 0.3) is 11.0 Å². The van der Waals surface area contributed by atoms with Gasteiger partial charge in [-0.25, -0.2) is 4.98 Å². The number of morpholine rings is 2. The Bertz CT molecular complexity index is 758. The van der Waals surface area contributed by atoms with Gasteiger partial charge in [-0.3, -0.25) is 0 Å². The van der Waals surface area contributed by atoms with E-state index < -0.39 is 0 Å². The Morgan fingerprint density at radius 3 is 2.44 bits per heavy atom. The number of fused-ring (bicyclic) bond motifs is 1. The number of rotatable bonds is 2. The fraction of sp³-hybridized carbons (Fsp3) is 0.588. The Balaban J connectivity index is 1.79. The number of hydrogen-bond acceptors (Lipinski definition) is 7. The molecule has 2 aliphatic heterocycles. The second kappa shape index (κ2) is 6.90. The molecule has 25 heavy (non-hydrogen) atoms. The average molecular weight is 364 g/mol. The topological polar surface area (TPSA) is 63.6 Å². The van der Waals surface area contributed by atoms with Gasteiger partial charge < -0.3 is 19.3 Å². The molecule has 0 aromatic carbocycles. The van der Waals surface area contributed by atoms with Gasteiger partial charge in [-0.05, 0) is 26.0 Å². The summed E-state index contributed by atoms with van der Waals surface area (Å²) >= 11 is 6.10. The molecule has 8 heteroatoms. The molecule has 0 saturated carbocycles. The van der Waals surface area contributed by atoms with Crippen molar-refractivity contribution in [3.8, 4) is 0 Å². The number of anilines is 2. The Morgan fingerprint density at radius 1 is 1.00 bits per heavy atom. The molecule has 2 aromatic rings. The third-order valence-electron chi connectivity index (χ3n) is 4.51. The number of nitrogens with zero attached hydrogens (tertiary/aromatic N) is 5.